The van der Waals surface area contributed by atoms with Crippen molar-refractivity contribution in [1.29, 1.82) is 5.41 Å². The van der Waals surface area contributed by atoms with Gasteiger partial charge in [-0.3, -0.25) is 58.1 Å². The van der Waals surface area contributed by atoms with E-state index in [1.54, 1.807) is 0 Å². The first-order valence-corrected chi connectivity index (χ1v) is 19.7. The summed E-state index contributed by atoms with van der Waals surface area (Å²) < 4.78 is 0. The Hall–Kier alpha value is -6.53. The summed E-state index contributed by atoms with van der Waals surface area (Å²) in [7, 11) is 0. The number of carbonyl (C=O) groups excluding carboxylic acids is 1. The normalized spacial score (nSPS) is 12.8. The van der Waals surface area contributed by atoms with Crippen LogP contribution in [0.3, 0.4) is 0 Å². The molecule has 0 aliphatic carbocycles. The molecule has 0 saturated carbocycles. The molecule has 33 nitrogen and oxygen atoms in total. The molecule has 0 aromatic rings. The van der Waals surface area contributed by atoms with Gasteiger partial charge in [0.25, 0.3) is 0 Å². The van der Waals surface area contributed by atoms with E-state index in [1.807, 2.05) is 13.8 Å². The molecule has 32 N–H and O–H groups in total. The maximum atomic E-state index is 10.2. The Kier molecular flexibility index (Phi) is 57.7. The molecule has 0 unspecified atom stereocenters. The fourth-order valence-corrected chi connectivity index (χ4v) is 2.50. The van der Waals surface area contributed by atoms with Crippen LogP contribution in [0.4, 0.5) is 0 Å². The van der Waals surface area contributed by atoms with Gasteiger partial charge in [0.15, 0.2) is 5.96 Å². The molecule has 0 spiro atoms. The molecule has 0 aromatic carbocycles. The number of hydrogen-bond donors (Lipinski definition) is 23. The van der Waals surface area contributed by atoms with Gasteiger partial charge in [-0.15, -0.1) is 0 Å². The Morgan fingerprint density at radius 3 is 1.04 bits per heavy atom. The van der Waals surface area contributed by atoms with Crippen LogP contribution in [0.2, 0.25) is 0 Å². The zero-order valence-corrected chi connectivity index (χ0v) is 38.5. The van der Waals surface area contributed by atoms with Crippen molar-refractivity contribution < 1.29 is 104 Å². The van der Waals surface area contributed by atoms with E-state index in [0.29, 0.717) is 19.4 Å². The zero-order valence-electron chi connectivity index (χ0n) is 37.6. The number of primary amides is 1. The molecule has 34 heteroatoms. The molecule has 0 rings (SSSR count). The van der Waals surface area contributed by atoms with Crippen LogP contribution >= 0.6 is 12.6 Å². The minimum atomic E-state index is -1.29. The predicted molar refractivity (Wildman–Crippen MR) is 242 cm³/mol. The minimum absolute atomic E-state index is 0.0213. The number of carboxylic acids is 10. The second-order valence-electron chi connectivity index (χ2n) is 12.9. The van der Waals surface area contributed by atoms with Gasteiger partial charge in [0, 0.05) is 25.1 Å². The van der Waals surface area contributed by atoms with E-state index >= 15 is 0 Å². The molecule has 0 fully saturated rings. The van der Waals surface area contributed by atoms with Gasteiger partial charge in [0.2, 0.25) is 5.91 Å². The van der Waals surface area contributed by atoms with E-state index in [2.05, 4.69) is 23.7 Å². The largest absolute Gasteiger partial charge is 0.481 e. The average Bonchev–Trinajstić information content (AvgIpc) is 3.23. The van der Waals surface area contributed by atoms with Crippen molar-refractivity contribution in [1.82, 2.24) is 5.32 Å². The first kappa shape index (κ1) is 78.6. The maximum absolute atomic E-state index is 10.2. The Balaban J connectivity index is -0.000000102. The fourth-order valence-electron chi connectivity index (χ4n) is 2.34. The van der Waals surface area contributed by atoms with Gasteiger partial charge in [-0.05, 0) is 38.5 Å². The van der Waals surface area contributed by atoms with Crippen molar-refractivity contribution in [2.24, 2.45) is 63.3 Å². The molecule has 0 aromatic heterocycles. The lowest BCUT2D eigenvalue weighted by Crippen LogP contribution is -2.36. The Bertz CT molecular complexity index is 1480. The number of thiol groups is 1. The van der Waals surface area contributed by atoms with Crippen molar-refractivity contribution in [3.8, 4) is 0 Å². The third kappa shape index (κ3) is 73.8. The Labute approximate surface area is 394 Å². The van der Waals surface area contributed by atoms with Gasteiger partial charge < -0.3 is 114 Å². The van der Waals surface area contributed by atoms with Gasteiger partial charge in [0.1, 0.15) is 42.3 Å². The van der Waals surface area contributed by atoms with Crippen LogP contribution in [0.25, 0.3) is 0 Å². The second-order valence-corrected chi connectivity index (χ2v) is 13.3. The van der Waals surface area contributed by atoms with E-state index in [-0.39, 0.29) is 49.9 Å². The summed E-state index contributed by atoms with van der Waals surface area (Å²) in [6.07, 6.45) is 1.15. The second kappa shape index (κ2) is 49.9. The van der Waals surface area contributed by atoms with Crippen molar-refractivity contribution >= 4 is 84.2 Å². The highest BCUT2D eigenvalue weighted by molar-refractivity contribution is 7.80. The van der Waals surface area contributed by atoms with Gasteiger partial charge in [-0.1, -0.05) is 20.3 Å². The Morgan fingerprint density at radius 1 is 0.529 bits per heavy atom. The molecule has 0 radical (unpaired) electrons. The average molecular weight is 1020 g/mol. The molecule has 0 heterocycles. The molecule has 400 valence electrons. The van der Waals surface area contributed by atoms with Gasteiger partial charge in [0.05, 0.1) is 13.0 Å². The van der Waals surface area contributed by atoms with Crippen molar-refractivity contribution in [3.63, 3.8) is 0 Å². The van der Waals surface area contributed by atoms with Gasteiger partial charge >= 0.3 is 59.7 Å². The number of amides is 1. The van der Waals surface area contributed by atoms with Crippen LogP contribution in [0.5, 0.6) is 0 Å². The lowest BCUT2D eigenvalue weighted by molar-refractivity contribution is -0.144. The molecular formula is C34H72N12O21S. The lowest BCUT2D eigenvalue weighted by Gasteiger charge is -2.11. The molecular weight excluding hydrogens is 945 g/mol. The SMILES string of the molecule is CC[C@H](C)[C@H](N)C(=O)O.C[C@H](N)C(=O)O.N=C(N)NCCC[C@H](N)C(=O)O.NC(=O)CC[C@H](N)C(=O)O.NCC(=O)O.N[C@@H](CC(=O)O)C(=O)O.N[C@@H](CCC(=O)O)C(=O)O.N[C@@H](CS)C(=O)O. The Morgan fingerprint density at radius 2 is 0.868 bits per heavy atom. The minimum Gasteiger partial charge on any atom is -0.481 e. The highest BCUT2D eigenvalue weighted by Crippen LogP contribution is 2.04. The topological polar surface area (TPSA) is 686 Å². The molecule has 0 aliphatic rings. The first-order valence-electron chi connectivity index (χ1n) is 19.0. The molecule has 1 amide bonds. The maximum Gasteiger partial charge on any atom is 0.321 e. The number of rotatable bonds is 23. The van der Waals surface area contributed by atoms with Crippen molar-refractivity contribution in [3.05, 3.63) is 0 Å². The zero-order chi connectivity index (χ0) is 56.0. The van der Waals surface area contributed by atoms with Crippen LogP contribution in [-0.4, -0.2) is 184 Å². The number of guanidine groups is 1. The number of carbonyl (C=O) groups is 11. The standard InChI is InChI=1S/C6H14N4O2.C6H13NO2.C5H10N2O3.C5H9NO4.C4H7NO4.C3H7NO2S.C3H7NO2.C2H5NO2/c7-4(5(11)12)2-1-3-10-6(8)9;1-3-4(2)5(7)6(8)9;2*6-3(5(9)10)1-2-4(7)8;5-2(4(8)9)1-3(6)7;4-2(1-7)3(5)6;1-2(4)3(5)6;3-1-2(4)5/h4H,1-3,7H2,(H,11,12)(H4,8,9,10);4-5H,3,7H2,1-2H3,(H,8,9);3H,1-2,6H2,(H2,7,8)(H,9,10);3H,1-2,6H2,(H,7,8)(H,9,10);2H,1,5H2,(H,6,7)(H,8,9);2,7H,1,4H2,(H,5,6);2H,4H2,1H3,(H,5,6);1,3H2,(H,4,5)/t4-;4-,5-;2*3-;3*2-;/m0000000./s1. The van der Waals surface area contributed by atoms with Crippen molar-refractivity contribution in [2.75, 3.05) is 18.8 Å². The van der Waals surface area contributed by atoms with Crippen LogP contribution in [0, 0.1) is 11.3 Å². The van der Waals surface area contributed by atoms with Gasteiger partial charge in [-0.2, -0.15) is 12.6 Å². The predicted octanol–water partition coefficient (Wildman–Crippen LogP) is -6.32. The number of carboxylic acid groups (broad SMARTS) is 10. The summed E-state index contributed by atoms with van der Waals surface area (Å²) in [6, 6.07) is -6.40. The van der Waals surface area contributed by atoms with Crippen LogP contribution in [0.15, 0.2) is 0 Å². The first-order chi connectivity index (χ1) is 30.8. The summed E-state index contributed by atoms with van der Waals surface area (Å²) in [5.74, 6) is -11.0. The smallest absolute Gasteiger partial charge is 0.321 e. The number of hydrogen-bond acceptors (Lipinski definition) is 21. The summed E-state index contributed by atoms with van der Waals surface area (Å²) in [6.45, 7) is 5.38. The summed E-state index contributed by atoms with van der Waals surface area (Å²) >= 11 is 3.65. The van der Waals surface area contributed by atoms with Crippen LogP contribution in [-0.2, 0) is 52.7 Å². The summed E-state index contributed by atoms with van der Waals surface area (Å²) in [5.41, 5.74) is 49.5. The molecule has 0 bridgehead atoms. The number of nitrogens with two attached hydrogens (primary N) is 10. The van der Waals surface area contributed by atoms with E-state index in [0.717, 1.165) is 6.42 Å². The number of aliphatic carboxylic acids is 10. The van der Waals surface area contributed by atoms with Crippen molar-refractivity contribution in [2.45, 2.75) is 114 Å². The lowest BCUT2D eigenvalue weighted by atomic mass is 10.0. The fraction of sp³-hybridized carbons (Fsp3) is 0.647. The van der Waals surface area contributed by atoms with E-state index < -0.39 is 114 Å². The van der Waals surface area contributed by atoms with E-state index in [4.69, 9.17) is 108 Å². The molecule has 8 atom stereocenters. The van der Waals surface area contributed by atoms with Crippen LogP contribution in [0.1, 0.15) is 72.1 Å². The van der Waals surface area contributed by atoms with E-state index in [9.17, 15) is 52.7 Å². The molecule has 0 aliphatic heterocycles. The monoisotopic (exact) mass is 1020 g/mol. The summed E-state index contributed by atoms with van der Waals surface area (Å²) in [5, 5.41) is 90.1. The van der Waals surface area contributed by atoms with E-state index in [1.165, 1.54) is 6.92 Å². The summed E-state index contributed by atoms with van der Waals surface area (Å²) in [4.78, 5) is 109. The highest BCUT2D eigenvalue weighted by atomic mass is 32.1. The highest BCUT2D eigenvalue weighted by Gasteiger charge is 2.18. The molecule has 68 heavy (non-hydrogen) atoms. The third-order valence-corrected chi connectivity index (χ3v) is 7.06. The molecule has 0 saturated heterocycles. The van der Waals surface area contributed by atoms with Crippen LogP contribution < -0.4 is 62.7 Å². The van der Waals surface area contributed by atoms with Gasteiger partial charge in [-0.25, -0.2) is 0 Å². The third-order valence-electron chi connectivity index (χ3n) is 6.66. The number of nitrogens with one attached hydrogen (secondary N) is 2. The quantitative estimate of drug-likeness (QED) is 0.0196.